The molecule has 5 heteroatoms. The smallest absolute Gasteiger partial charge is 0.264 e. The Balaban J connectivity index is 1.74. The minimum Gasteiger partial charge on any atom is -0.370 e. The van der Waals surface area contributed by atoms with Crippen LogP contribution in [0.2, 0.25) is 0 Å². The summed E-state index contributed by atoms with van der Waals surface area (Å²) in [5, 5.41) is 1.93. The van der Waals surface area contributed by atoms with Gasteiger partial charge in [-0.1, -0.05) is 30.3 Å². The number of halogens is 1. The zero-order valence-electron chi connectivity index (χ0n) is 10.8. The predicted octanol–water partition coefficient (Wildman–Crippen LogP) is 3.72. The van der Waals surface area contributed by atoms with E-state index in [0.717, 1.165) is 14.9 Å². The molecule has 1 fully saturated rings. The summed E-state index contributed by atoms with van der Waals surface area (Å²) in [6.45, 7) is 1.84. The van der Waals surface area contributed by atoms with Gasteiger partial charge in [-0.25, -0.2) is 0 Å². The van der Waals surface area contributed by atoms with E-state index in [1.807, 2.05) is 46.7 Å². The monoisotopic (exact) mass is 351 g/mol. The lowest BCUT2D eigenvalue weighted by Crippen LogP contribution is -2.42. The van der Waals surface area contributed by atoms with Gasteiger partial charge in [-0.3, -0.25) is 4.79 Å². The molecule has 0 radical (unpaired) electrons. The summed E-state index contributed by atoms with van der Waals surface area (Å²) in [6, 6.07) is 11.9. The van der Waals surface area contributed by atoms with Crippen molar-refractivity contribution in [3.8, 4) is 0 Å². The molecule has 1 aromatic heterocycles. The van der Waals surface area contributed by atoms with E-state index in [1.165, 1.54) is 11.3 Å². The van der Waals surface area contributed by atoms with Crippen LogP contribution in [0.3, 0.4) is 0 Å². The molecule has 2 aromatic rings. The first-order chi connectivity index (χ1) is 9.74. The van der Waals surface area contributed by atoms with Crippen molar-refractivity contribution >= 4 is 33.2 Å². The van der Waals surface area contributed by atoms with E-state index >= 15 is 0 Å². The molecule has 0 unspecified atom stereocenters. The SMILES string of the molecule is O=C(c1cc(Br)cs1)N1CCO[C@@H](c2ccccc2)C1. The van der Waals surface area contributed by atoms with Crippen molar-refractivity contribution < 1.29 is 9.53 Å². The van der Waals surface area contributed by atoms with E-state index < -0.39 is 0 Å². The zero-order valence-corrected chi connectivity index (χ0v) is 13.2. The normalized spacial score (nSPS) is 19.1. The highest BCUT2D eigenvalue weighted by molar-refractivity contribution is 9.10. The molecule has 0 aliphatic carbocycles. The van der Waals surface area contributed by atoms with Crippen molar-refractivity contribution in [1.82, 2.24) is 4.90 Å². The molecule has 20 heavy (non-hydrogen) atoms. The van der Waals surface area contributed by atoms with Gasteiger partial charge in [-0.05, 0) is 27.6 Å². The number of nitrogens with zero attached hydrogens (tertiary/aromatic N) is 1. The van der Waals surface area contributed by atoms with Gasteiger partial charge in [-0.15, -0.1) is 11.3 Å². The van der Waals surface area contributed by atoms with Crippen LogP contribution in [0, 0.1) is 0 Å². The van der Waals surface area contributed by atoms with Gasteiger partial charge in [0.2, 0.25) is 0 Å². The van der Waals surface area contributed by atoms with Crippen molar-refractivity contribution in [2.24, 2.45) is 0 Å². The van der Waals surface area contributed by atoms with Crippen LogP contribution < -0.4 is 0 Å². The number of benzene rings is 1. The molecule has 104 valence electrons. The van der Waals surface area contributed by atoms with E-state index in [0.29, 0.717) is 19.7 Å². The van der Waals surface area contributed by atoms with E-state index in [9.17, 15) is 4.79 Å². The summed E-state index contributed by atoms with van der Waals surface area (Å²) in [6.07, 6.45) is -0.0303. The molecule has 3 rings (SSSR count). The van der Waals surface area contributed by atoms with Gasteiger partial charge in [0.1, 0.15) is 6.10 Å². The summed E-state index contributed by atoms with van der Waals surface area (Å²) in [7, 11) is 0. The Hall–Kier alpha value is -1.17. The molecule has 0 bridgehead atoms. The lowest BCUT2D eigenvalue weighted by Gasteiger charge is -2.33. The first-order valence-corrected chi connectivity index (χ1v) is 8.11. The third-order valence-electron chi connectivity index (χ3n) is 3.30. The Labute approximate surface area is 130 Å². The van der Waals surface area contributed by atoms with Crippen LogP contribution in [0.1, 0.15) is 21.3 Å². The molecule has 1 amide bonds. The molecule has 0 saturated carbocycles. The van der Waals surface area contributed by atoms with E-state index in [1.54, 1.807) is 0 Å². The molecule has 1 saturated heterocycles. The molecule has 3 nitrogen and oxygen atoms in total. The van der Waals surface area contributed by atoms with Crippen LogP contribution in [-0.4, -0.2) is 30.5 Å². The maximum Gasteiger partial charge on any atom is 0.264 e. The number of carbonyl (C=O) groups is 1. The highest BCUT2D eigenvalue weighted by Gasteiger charge is 2.26. The average molecular weight is 352 g/mol. The Kier molecular flexibility index (Phi) is 4.19. The number of morpholine rings is 1. The summed E-state index contributed by atoms with van der Waals surface area (Å²) in [5.74, 6) is 0.0879. The summed E-state index contributed by atoms with van der Waals surface area (Å²) >= 11 is 4.86. The van der Waals surface area contributed by atoms with Gasteiger partial charge in [0.05, 0.1) is 18.0 Å². The maximum absolute atomic E-state index is 12.4. The van der Waals surface area contributed by atoms with Crippen molar-refractivity contribution in [1.29, 1.82) is 0 Å². The first-order valence-electron chi connectivity index (χ1n) is 6.44. The van der Waals surface area contributed by atoms with Crippen molar-refractivity contribution in [3.05, 3.63) is 56.7 Å². The van der Waals surface area contributed by atoms with Gasteiger partial charge in [0.25, 0.3) is 5.91 Å². The summed E-state index contributed by atoms with van der Waals surface area (Å²) in [5.41, 5.74) is 1.12. The Bertz CT molecular complexity index is 599. The summed E-state index contributed by atoms with van der Waals surface area (Å²) in [4.78, 5) is 15.1. The number of thiophene rings is 1. The fraction of sp³-hybridized carbons (Fsp3) is 0.267. The second-order valence-corrected chi connectivity index (χ2v) is 6.48. The quantitative estimate of drug-likeness (QED) is 0.824. The van der Waals surface area contributed by atoms with Gasteiger partial charge in [0, 0.05) is 16.4 Å². The lowest BCUT2D eigenvalue weighted by molar-refractivity contribution is -0.0226. The van der Waals surface area contributed by atoms with Gasteiger partial charge >= 0.3 is 0 Å². The van der Waals surface area contributed by atoms with Crippen LogP contribution in [0.25, 0.3) is 0 Å². The minimum absolute atomic E-state index is 0.0303. The van der Waals surface area contributed by atoms with Crippen molar-refractivity contribution in [2.45, 2.75) is 6.10 Å². The molecular weight excluding hydrogens is 338 g/mol. The predicted molar refractivity (Wildman–Crippen MR) is 83.1 cm³/mol. The van der Waals surface area contributed by atoms with Crippen LogP contribution >= 0.6 is 27.3 Å². The standard InChI is InChI=1S/C15H14BrNO2S/c16-12-8-14(20-10-12)15(18)17-6-7-19-13(9-17)11-4-2-1-3-5-11/h1-5,8,10,13H,6-7,9H2/t13-/m1/s1. The topological polar surface area (TPSA) is 29.5 Å². The van der Waals surface area contributed by atoms with E-state index in [4.69, 9.17) is 4.74 Å². The molecule has 1 aromatic carbocycles. The van der Waals surface area contributed by atoms with Gasteiger partial charge in [-0.2, -0.15) is 0 Å². The molecule has 1 aliphatic heterocycles. The molecule has 0 spiro atoms. The second kappa shape index (κ2) is 6.08. The third-order valence-corrected chi connectivity index (χ3v) is 4.98. The van der Waals surface area contributed by atoms with Gasteiger partial charge in [0.15, 0.2) is 0 Å². The molecule has 0 N–H and O–H groups in total. The Morgan fingerprint density at radius 3 is 2.85 bits per heavy atom. The van der Waals surface area contributed by atoms with E-state index in [2.05, 4.69) is 15.9 Å². The zero-order chi connectivity index (χ0) is 13.9. The average Bonchev–Trinajstić information content (AvgIpc) is 2.94. The third kappa shape index (κ3) is 2.95. The number of rotatable bonds is 2. The minimum atomic E-state index is -0.0303. The van der Waals surface area contributed by atoms with Crippen LogP contribution in [0.5, 0.6) is 0 Å². The number of amides is 1. The summed E-state index contributed by atoms with van der Waals surface area (Å²) < 4.78 is 6.74. The molecule has 1 atom stereocenters. The maximum atomic E-state index is 12.4. The number of carbonyl (C=O) groups excluding carboxylic acids is 1. The highest BCUT2D eigenvalue weighted by atomic mass is 79.9. The number of hydrogen-bond donors (Lipinski definition) is 0. The second-order valence-electron chi connectivity index (χ2n) is 4.65. The van der Waals surface area contributed by atoms with E-state index in [-0.39, 0.29) is 12.0 Å². The molecular formula is C15H14BrNO2S. The first kappa shape index (κ1) is 13.8. The fourth-order valence-electron chi connectivity index (χ4n) is 2.28. The molecule has 2 heterocycles. The van der Waals surface area contributed by atoms with Crippen LogP contribution in [0.4, 0.5) is 0 Å². The number of ether oxygens (including phenoxy) is 1. The Morgan fingerprint density at radius 1 is 1.35 bits per heavy atom. The van der Waals surface area contributed by atoms with Crippen molar-refractivity contribution in [2.75, 3.05) is 19.7 Å². The van der Waals surface area contributed by atoms with Crippen LogP contribution in [-0.2, 0) is 4.74 Å². The molecule has 1 aliphatic rings. The largest absolute Gasteiger partial charge is 0.370 e. The van der Waals surface area contributed by atoms with Crippen molar-refractivity contribution in [3.63, 3.8) is 0 Å². The van der Waals surface area contributed by atoms with Crippen LogP contribution in [0.15, 0.2) is 46.3 Å². The lowest BCUT2D eigenvalue weighted by atomic mass is 10.1. The van der Waals surface area contributed by atoms with Gasteiger partial charge < -0.3 is 9.64 Å². The Morgan fingerprint density at radius 2 is 2.15 bits per heavy atom. The highest BCUT2D eigenvalue weighted by Crippen LogP contribution is 2.26. The fourth-order valence-corrected chi connectivity index (χ4v) is 3.68. The number of hydrogen-bond acceptors (Lipinski definition) is 3.